The van der Waals surface area contributed by atoms with Crippen LogP contribution in [0.3, 0.4) is 0 Å². The summed E-state index contributed by atoms with van der Waals surface area (Å²) in [6.07, 6.45) is 0.788. The van der Waals surface area contributed by atoms with Gasteiger partial charge in [0.25, 0.3) is 0 Å². The summed E-state index contributed by atoms with van der Waals surface area (Å²) >= 11 is 3.14. The minimum Gasteiger partial charge on any atom is -0.449 e. The van der Waals surface area contributed by atoms with E-state index in [1.54, 1.807) is 19.1 Å². The molecule has 0 aliphatic rings. The number of furan rings is 1. The van der Waals surface area contributed by atoms with Crippen molar-refractivity contribution in [3.05, 3.63) is 22.6 Å². The number of hydrogen-bond donors (Lipinski definition) is 1. The Balaban J connectivity index is 2.37. The Kier molecular flexibility index (Phi) is 4.18. The van der Waals surface area contributed by atoms with Crippen molar-refractivity contribution >= 4 is 28.2 Å². The van der Waals surface area contributed by atoms with Crippen LogP contribution in [0.15, 0.2) is 26.3 Å². The van der Waals surface area contributed by atoms with Gasteiger partial charge in [-0.05, 0) is 35.0 Å². The molecule has 14 heavy (non-hydrogen) atoms. The van der Waals surface area contributed by atoms with Gasteiger partial charge in [0, 0.05) is 0 Å². The number of hydrogen-bond acceptors (Lipinski definition) is 4. The van der Waals surface area contributed by atoms with Crippen LogP contribution in [0.25, 0.3) is 0 Å². The summed E-state index contributed by atoms with van der Waals surface area (Å²) in [7, 11) is 0. The Hall–Kier alpha value is -1.30. The molecule has 1 rings (SSSR count). The smallest absolute Gasteiger partial charge is 0.427 e. The number of hydrazone groups is 1. The fourth-order valence-corrected chi connectivity index (χ4v) is 1.03. The zero-order valence-electron chi connectivity index (χ0n) is 7.49. The molecule has 6 heteroatoms. The Morgan fingerprint density at radius 1 is 1.79 bits per heavy atom. The molecule has 1 amide bonds. The van der Waals surface area contributed by atoms with E-state index in [-0.39, 0.29) is 0 Å². The lowest BCUT2D eigenvalue weighted by Gasteiger charge is -1.97. The van der Waals surface area contributed by atoms with Gasteiger partial charge in [-0.25, -0.2) is 10.2 Å². The second-order valence-electron chi connectivity index (χ2n) is 2.23. The van der Waals surface area contributed by atoms with Gasteiger partial charge in [-0.15, -0.1) is 0 Å². The van der Waals surface area contributed by atoms with Crippen molar-refractivity contribution in [2.75, 3.05) is 6.61 Å². The summed E-state index contributed by atoms with van der Waals surface area (Å²) in [6.45, 7) is 2.03. The number of amides is 1. The lowest BCUT2D eigenvalue weighted by molar-refractivity contribution is 0.152. The van der Waals surface area contributed by atoms with Gasteiger partial charge in [0.15, 0.2) is 4.67 Å². The molecule has 1 aromatic rings. The number of nitrogens with one attached hydrogen (secondary N) is 1. The average molecular weight is 261 g/mol. The van der Waals surface area contributed by atoms with Crippen molar-refractivity contribution in [2.45, 2.75) is 6.92 Å². The van der Waals surface area contributed by atoms with Gasteiger partial charge in [0.2, 0.25) is 0 Å². The second kappa shape index (κ2) is 5.43. The molecule has 1 aromatic heterocycles. The number of nitrogens with zero attached hydrogens (tertiary/aromatic N) is 1. The fourth-order valence-electron chi connectivity index (χ4n) is 0.710. The second-order valence-corrected chi connectivity index (χ2v) is 3.01. The number of carbonyl (C=O) groups is 1. The normalized spacial score (nSPS) is 10.4. The molecule has 0 bridgehead atoms. The SMILES string of the molecule is CCOC(=O)N/N=C\c1ccc(Br)o1. The van der Waals surface area contributed by atoms with Crippen LogP contribution in [0.1, 0.15) is 12.7 Å². The van der Waals surface area contributed by atoms with Crippen LogP contribution >= 0.6 is 15.9 Å². The van der Waals surface area contributed by atoms with E-state index in [2.05, 4.69) is 31.2 Å². The molecule has 0 atom stereocenters. The van der Waals surface area contributed by atoms with Crippen molar-refractivity contribution in [3.63, 3.8) is 0 Å². The number of halogens is 1. The van der Waals surface area contributed by atoms with E-state index in [9.17, 15) is 4.79 Å². The first-order chi connectivity index (χ1) is 6.72. The van der Waals surface area contributed by atoms with Gasteiger partial charge in [0.1, 0.15) is 5.76 Å². The van der Waals surface area contributed by atoms with E-state index in [0.717, 1.165) is 0 Å². The highest BCUT2D eigenvalue weighted by molar-refractivity contribution is 9.10. The standard InChI is InChI=1S/C8H9BrN2O3/c1-2-13-8(12)11-10-5-6-3-4-7(9)14-6/h3-5H,2H2,1H3,(H,11,12)/b10-5-. The Morgan fingerprint density at radius 3 is 3.14 bits per heavy atom. The lowest BCUT2D eigenvalue weighted by atomic mass is 10.5. The minimum atomic E-state index is -0.589. The highest BCUT2D eigenvalue weighted by Gasteiger charge is 1.97. The van der Waals surface area contributed by atoms with Crippen molar-refractivity contribution in [1.29, 1.82) is 0 Å². The molecule has 0 unspecified atom stereocenters. The summed E-state index contributed by atoms with van der Waals surface area (Å²) in [5, 5.41) is 3.61. The van der Waals surface area contributed by atoms with E-state index in [0.29, 0.717) is 17.0 Å². The molecule has 0 spiro atoms. The molecule has 0 saturated heterocycles. The molecule has 0 aromatic carbocycles. The van der Waals surface area contributed by atoms with Crippen molar-refractivity contribution < 1.29 is 13.9 Å². The van der Waals surface area contributed by atoms with E-state index in [1.807, 2.05) is 0 Å². The van der Waals surface area contributed by atoms with Gasteiger partial charge in [-0.3, -0.25) is 0 Å². The highest BCUT2D eigenvalue weighted by Crippen LogP contribution is 2.11. The monoisotopic (exact) mass is 260 g/mol. The topological polar surface area (TPSA) is 63.8 Å². The zero-order valence-corrected chi connectivity index (χ0v) is 9.08. The quantitative estimate of drug-likeness (QED) is 0.669. The summed E-state index contributed by atoms with van der Waals surface area (Å²) in [6, 6.07) is 3.44. The van der Waals surface area contributed by atoms with Gasteiger partial charge in [-0.1, -0.05) is 0 Å². The van der Waals surface area contributed by atoms with Crippen molar-refractivity contribution in [1.82, 2.24) is 5.43 Å². The van der Waals surface area contributed by atoms with Crippen LogP contribution in [0.4, 0.5) is 4.79 Å². The predicted molar refractivity (Wildman–Crippen MR) is 54.2 cm³/mol. The summed E-state index contributed by atoms with van der Waals surface area (Å²) in [5.74, 6) is 0.536. The maximum atomic E-state index is 10.8. The molecule has 1 heterocycles. The molecule has 0 saturated carbocycles. The van der Waals surface area contributed by atoms with E-state index in [1.165, 1.54) is 6.21 Å². The van der Waals surface area contributed by atoms with Crippen molar-refractivity contribution in [2.24, 2.45) is 5.10 Å². The number of ether oxygens (including phenoxy) is 1. The van der Waals surface area contributed by atoms with Crippen molar-refractivity contribution in [3.8, 4) is 0 Å². The molecule has 0 fully saturated rings. The zero-order chi connectivity index (χ0) is 10.4. The van der Waals surface area contributed by atoms with Crippen LogP contribution in [0.5, 0.6) is 0 Å². The molecule has 5 nitrogen and oxygen atoms in total. The lowest BCUT2D eigenvalue weighted by Crippen LogP contribution is -2.18. The molecule has 1 N–H and O–H groups in total. The van der Waals surface area contributed by atoms with Gasteiger partial charge in [0.05, 0.1) is 12.8 Å². The van der Waals surface area contributed by atoms with Crippen LogP contribution in [-0.2, 0) is 4.74 Å². The summed E-state index contributed by atoms with van der Waals surface area (Å²) < 4.78 is 10.3. The van der Waals surface area contributed by atoms with Crippen LogP contribution in [0, 0.1) is 0 Å². The molecular weight excluding hydrogens is 252 g/mol. The molecule has 0 radical (unpaired) electrons. The van der Waals surface area contributed by atoms with Gasteiger partial charge < -0.3 is 9.15 Å². The number of carbonyl (C=O) groups excluding carboxylic acids is 1. The Morgan fingerprint density at radius 2 is 2.57 bits per heavy atom. The minimum absolute atomic E-state index is 0.313. The van der Waals surface area contributed by atoms with E-state index in [4.69, 9.17) is 4.42 Å². The first-order valence-corrected chi connectivity index (χ1v) is 4.73. The largest absolute Gasteiger partial charge is 0.449 e. The van der Waals surface area contributed by atoms with E-state index >= 15 is 0 Å². The third-order valence-corrected chi connectivity index (χ3v) is 1.64. The van der Waals surface area contributed by atoms with Gasteiger partial charge >= 0.3 is 6.09 Å². The van der Waals surface area contributed by atoms with E-state index < -0.39 is 6.09 Å². The highest BCUT2D eigenvalue weighted by atomic mass is 79.9. The predicted octanol–water partition coefficient (Wildman–Crippen LogP) is 2.12. The maximum absolute atomic E-state index is 10.8. The fraction of sp³-hybridized carbons (Fsp3) is 0.250. The van der Waals surface area contributed by atoms with Crippen LogP contribution < -0.4 is 5.43 Å². The van der Waals surface area contributed by atoms with Gasteiger partial charge in [-0.2, -0.15) is 5.10 Å². The maximum Gasteiger partial charge on any atom is 0.427 e. The molecular formula is C8H9BrN2O3. The summed E-state index contributed by atoms with van der Waals surface area (Å²) in [5.41, 5.74) is 2.17. The molecule has 0 aliphatic heterocycles. The third-order valence-electron chi connectivity index (χ3n) is 1.22. The first-order valence-electron chi connectivity index (χ1n) is 3.93. The Labute approximate surface area is 89.2 Å². The molecule has 76 valence electrons. The molecule has 0 aliphatic carbocycles. The summed E-state index contributed by atoms with van der Waals surface area (Å²) in [4.78, 5) is 10.8. The Bertz CT molecular complexity index is 335. The van der Waals surface area contributed by atoms with Crippen LogP contribution in [-0.4, -0.2) is 18.9 Å². The number of rotatable bonds is 3. The average Bonchev–Trinajstić information content (AvgIpc) is 2.52. The van der Waals surface area contributed by atoms with Crippen LogP contribution in [0.2, 0.25) is 0 Å². The third kappa shape index (κ3) is 3.61. The first kappa shape index (κ1) is 10.8.